The quantitative estimate of drug-likeness (QED) is 0.483. The Kier molecular flexibility index (Phi) is 7.64. The smallest absolute Gasteiger partial charge is 0.262 e. The third kappa shape index (κ3) is 5.86. The lowest BCUT2D eigenvalue weighted by molar-refractivity contribution is -0.135. The Morgan fingerprint density at radius 1 is 1.14 bits per heavy atom. The van der Waals surface area contributed by atoms with Gasteiger partial charge in [0.1, 0.15) is 0 Å². The number of hydrogen-bond acceptors (Lipinski definition) is 4. The van der Waals surface area contributed by atoms with Crippen LogP contribution >= 0.6 is 11.6 Å². The molecular weight excluding hydrogens is 378 g/mol. The Labute approximate surface area is 170 Å². The number of ether oxygens (including phenoxy) is 2. The summed E-state index contributed by atoms with van der Waals surface area (Å²) in [5.74, 6) is 0.700. The van der Waals surface area contributed by atoms with Crippen molar-refractivity contribution < 1.29 is 19.1 Å². The Bertz CT molecular complexity index is 877. The largest absolute Gasteiger partial charge is 0.490 e. The number of benzene rings is 2. The highest BCUT2D eigenvalue weighted by Gasteiger charge is 2.18. The second-order valence-corrected chi connectivity index (χ2v) is 6.78. The Hall–Kier alpha value is -2.79. The maximum Gasteiger partial charge on any atom is 0.262 e. The van der Waals surface area contributed by atoms with Crippen molar-refractivity contribution in [1.29, 1.82) is 0 Å². The van der Waals surface area contributed by atoms with Gasteiger partial charge in [-0.3, -0.25) is 9.59 Å². The fraction of sp³-hybridized carbons (Fsp3) is 0.273. The van der Waals surface area contributed by atoms with E-state index < -0.39 is 6.10 Å². The molecule has 1 amide bonds. The summed E-state index contributed by atoms with van der Waals surface area (Å²) in [4.78, 5) is 25.8. The first kappa shape index (κ1) is 21.5. The van der Waals surface area contributed by atoms with Crippen LogP contribution in [0, 0.1) is 0 Å². The number of ketones is 1. The van der Waals surface area contributed by atoms with Crippen LogP contribution in [0.3, 0.4) is 0 Å². The number of nitrogens with zero attached hydrogens (tertiary/aromatic N) is 1. The van der Waals surface area contributed by atoms with Gasteiger partial charge in [0.15, 0.2) is 23.4 Å². The van der Waals surface area contributed by atoms with Gasteiger partial charge in [0.25, 0.3) is 5.91 Å². The topological polar surface area (TPSA) is 55.8 Å². The lowest BCUT2D eigenvalue weighted by atomic mass is 10.1. The zero-order valence-corrected chi connectivity index (χ0v) is 17.2. The molecule has 0 aliphatic rings. The van der Waals surface area contributed by atoms with Gasteiger partial charge in [-0.05, 0) is 49.8 Å². The average molecular weight is 402 g/mol. The normalized spacial score (nSPS) is 11.9. The second kappa shape index (κ2) is 9.95. The summed E-state index contributed by atoms with van der Waals surface area (Å²) in [6.07, 6.45) is 2.54. The number of allylic oxidation sites excluding steroid dienone is 1. The van der Waals surface area contributed by atoms with Crippen molar-refractivity contribution in [2.75, 3.05) is 20.7 Å². The van der Waals surface area contributed by atoms with Crippen molar-refractivity contribution in [3.8, 4) is 11.5 Å². The monoisotopic (exact) mass is 401 g/mol. The summed E-state index contributed by atoms with van der Waals surface area (Å²) >= 11 is 5.93. The molecule has 6 heteroatoms. The van der Waals surface area contributed by atoms with E-state index in [1.54, 1.807) is 69.6 Å². The highest BCUT2D eigenvalue weighted by molar-refractivity contribution is 6.31. The molecule has 0 heterocycles. The standard InChI is InChI=1S/C22H24ClNO4/c1-5-27-21-13-16(9-11-19(25)17-7-6-8-18(23)14-17)10-12-20(21)28-15(2)22(26)24(3)4/h6-15H,5H2,1-4H3/b11-9+/t15-/m1/s1. The van der Waals surface area contributed by atoms with Crippen LogP contribution in [0.5, 0.6) is 11.5 Å². The molecule has 0 bridgehead atoms. The minimum Gasteiger partial charge on any atom is -0.490 e. The van der Waals surface area contributed by atoms with E-state index in [-0.39, 0.29) is 11.7 Å². The van der Waals surface area contributed by atoms with Gasteiger partial charge in [-0.15, -0.1) is 0 Å². The van der Waals surface area contributed by atoms with Crippen molar-refractivity contribution in [1.82, 2.24) is 4.90 Å². The van der Waals surface area contributed by atoms with Crippen LogP contribution in [0.25, 0.3) is 6.08 Å². The Balaban J connectivity index is 2.19. The van der Waals surface area contributed by atoms with Crippen LogP contribution in [0.2, 0.25) is 5.02 Å². The zero-order valence-electron chi connectivity index (χ0n) is 16.4. The molecule has 0 saturated heterocycles. The van der Waals surface area contributed by atoms with Gasteiger partial charge in [-0.25, -0.2) is 0 Å². The fourth-order valence-corrected chi connectivity index (χ4v) is 2.70. The van der Waals surface area contributed by atoms with E-state index in [2.05, 4.69) is 0 Å². The minimum absolute atomic E-state index is 0.140. The molecule has 0 spiro atoms. The second-order valence-electron chi connectivity index (χ2n) is 6.34. The van der Waals surface area contributed by atoms with Crippen LogP contribution in [-0.4, -0.2) is 43.4 Å². The van der Waals surface area contributed by atoms with E-state index in [0.29, 0.717) is 28.7 Å². The van der Waals surface area contributed by atoms with Crippen molar-refractivity contribution in [3.63, 3.8) is 0 Å². The zero-order chi connectivity index (χ0) is 20.7. The van der Waals surface area contributed by atoms with Gasteiger partial charge in [0.2, 0.25) is 0 Å². The van der Waals surface area contributed by atoms with Crippen LogP contribution in [-0.2, 0) is 4.79 Å². The van der Waals surface area contributed by atoms with Gasteiger partial charge >= 0.3 is 0 Å². The van der Waals surface area contributed by atoms with Crippen molar-refractivity contribution >= 4 is 29.4 Å². The third-order valence-corrected chi connectivity index (χ3v) is 4.13. The highest BCUT2D eigenvalue weighted by Crippen LogP contribution is 2.30. The number of halogens is 1. The number of carbonyl (C=O) groups is 2. The van der Waals surface area contributed by atoms with E-state index in [0.717, 1.165) is 5.56 Å². The van der Waals surface area contributed by atoms with Crippen LogP contribution in [0.15, 0.2) is 48.5 Å². The molecule has 0 N–H and O–H groups in total. The predicted octanol–water partition coefficient (Wildman–Crippen LogP) is 4.49. The molecule has 1 atom stereocenters. The molecule has 2 rings (SSSR count). The molecule has 0 unspecified atom stereocenters. The number of rotatable bonds is 8. The number of carbonyl (C=O) groups excluding carboxylic acids is 2. The van der Waals surface area contributed by atoms with Crippen molar-refractivity contribution in [3.05, 3.63) is 64.7 Å². The van der Waals surface area contributed by atoms with Crippen LogP contribution in [0.4, 0.5) is 0 Å². The molecule has 0 saturated carbocycles. The molecule has 0 fully saturated rings. The first-order valence-electron chi connectivity index (χ1n) is 8.94. The van der Waals surface area contributed by atoms with E-state index in [4.69, 9.17) is 21.1 Å². The Morgan fingerprint density at radius 3 is 2.54 bits per heavy atom. The highest BCUT2D eigenvalue weighted by atomic mass is 35.5. The fourth-order valence-electron chi connectivity index (χ4n) is 2.51. The summed E-state index contributed by atoms with van der Waals surface area (Å²) in [6, 6.07) is 12.1. The molecular formula is C22H24ClNO4. The van der Waals surface area contributed by atoms with Crippen molar-refractivity contribution in [2.24, 2.45) is 0 Å². The first-order valence-corrected chi connectivity index (χ1v) is 9.32. The van der Waals surface area contributed by atoms with Crippen LogP contribution in [0.1, 0.15) is 29.8 Å². The molecule has 0 aliphatic carbocycles. The van der Waals surface area contributed by atoms with Gasteiger partial charge in [0.05, 0.1) is 6.61 Å². The Morgan fingerprint density at radius 2 is 1.89 bits per heavy atom. The van der Waals surface area contributed by atoms with Gasteiger partial charge in [0, 0.05) is 24.7 Å². The molecule has 2 aromatic rings. The summed E-state index contributed by atoms with van der Waals surface area (Å²) in [6.45, 7) is 4.00. The van der Waals surface area contributed by atoms with Crippen molar-refractivity contribution in [2.45, 2.75) is 20.0 Å². The summed E-state index contributed by atoms with van der Waals surface area (Å²) < 4.78 is 11.4. The van der Waals surface area contributed by atoms with Gasteiger partial charge < -0.3 is 14.4 Å². The van der Waals surface area contributed by atoms with E-state index in [1.165, 1.54) is 11.0 Å². The molecule has 2 aromatic carbocycles. The molecule has 5 nitrogen and oxygen atoms in total. The predicted molar refractivity (Wildman–Crippen MR) is 111 cm³/mol. The average Bonchev–Trinajstić information content (AvgIpc) is 2.67. The van der Waals surface area contributed by atoms with Gasteiger partial charge in [-0.2, -0.15) is 0 Å². The molecule has 28 heavy (non-hydrogen) atoms. The first-order chi connectivity index (χ1) is 13.3. The summed E-state index contributed by atoms with van der Waals surface area (Å²) in [5, 5.41) is 0.515. The number of hydrogen-bond donors (Lipinski definition) is 0. The maximum atomic E-state index is 12.3. The lowest BCUT2D eigenvalue weighted by Gasteiger charge is -2.20. The maximum absolute atomic E-state index is 12.3. The van der Waals surface area contributed by atoms with E-state index >= 15 is 0 Å². The van der Waals surface area contributed by atoms with Gasteiger partial charge in [-0.1, -0.05) is 35.9 Å². The number of amides is 1. The van der Waals surface area contributed by atoms with Crippen LogP contribution < -0.4 is 9.47 Å². The SMILES string of the molecule is CCOc1cc(/C=C/C(=O)c2cccc(Cl)c2)ccc1O[C@H](C)C(=O)N(C)C. The molecule has 0 radical (unpaired) electrons. The molecule has 0 aliphatic heterocycles. The van der Waals surface area contributed by atoms with E-state index in [1.807, 2.05) is 6.92 Å². The number of likely N-dealkylation sites (N-methyl/N-ethyl adjacent to an activating group) is 1. The minimum atomic E-state index is -0.639. The summed E-state index contributed by atoms with van der Waals surface area (Å²) in [7, 11) is 3.35. The lowest BCUT2D eigenvalue weighted by Crippen LogP contribution is -2.35. The molecule has 148 valence electrons. The molecule has 0 aromatic heterocycles. The third-order valence-electron chi connectivity index (χ3n) is 3.90. The van der Waals surface area contributed by atoms with E-state index in [9.17, 15) is 9.59 Å². The summed E-state index contributed by atoms with van der Waals surface area (Å²) in [5.41, 5.74) is 1.29.